The van der Waals surface area contributed by atoms with E-state index in [0.717, 1.165) is 34.7 Å². The van der Waals surface area contributed by atoms with Gasteiger partial charge in [0.1, 0.15) is 11.0 Å². The second-order valence-corrected chi connectivity index (χ2v) is 8.04. The number of aryl methyl sites for hydroxylation is 1. The molecule has 1 unspecified atom stereocenters. The molecule has 2 heterocycles. The topological polar surface area (TPSA) is 87.2 Å². The highest BCUT2D eigenvalue weighted by molar-refractivity contribution is 7.18. The molecule has 7 nitrogen and oxygen atoms in total. The lowest BCUT2D eigenvalue weighted by Gasteiger charge is -2.24. The van der Waals surface area contributed by atoms with Gasteiger partial charge in [0, 0.05) is 17.8 Å². The molecule has 30 heavy (non-hydrogen) atoms. The summed E-state index contributed by atoms with van der Waals surface area (Å²) in [6.45, 7) is 2.59. The van der Waals surface area contributed by atoms with E-state index in [1.54, 1.807) is 4.90 Å². The number of nitrogens with one attached hydrogen (secondary N) is 2. The Morgan fingerprint density at radius 3 is 2.63 bits per heavy atom. The van der Waals surface area contributed by atoms with E-state index in [2.05, 4.69) is 20.8 Å². The third kappa shape index (κ3) is 4.33. The lowest BCUT2D eigenvalue weighted by Crippen LogP contribution is -2.45. The van der Waals surface area contributed by atoms with E-state index in [4.69, 9.17) is 0 Å². The summed E-state index contributed by atoms with van der Waals surface area (Å²) in [7, 11) is 0. The molecule has 1 aliphatic rings. The molecule has 4 rings (SSSR count). The van der Waals surface area contributed by atoms with E-state index in [1.165, 1.54) is 11.3 Å². The molecule has 2 aromatic carbocycles. The zero-order valence-electron chi connectivity index (χ0n) is 16.7. The predicted molar refractivity (Wildman–Crippen MR) is 119 cm³/mol. The van der Waals surface area contributed by atoms with Gasteiger partial charge in [-0.1, -0.05) is 66.8 Å². The summed E-state index contributed by atoms with van der Waals surface area (Å²) in [5.41, 5.74) is 2.80. The third-order valence-corrected chi connectivity index (χ3v) is 6.02. The number of likely N-dealkylation sites (tertiary alicyclic amines) is 1. The average molecular weight is 422 g/mol. The number of aromatic nitrogens is 2. The largest absolute Gasteiger partial charge is 0.322 e. The summed E-state index contributed by atoms with van der Waals surface area (Å²) in [4.78, 5) is 27.3. The van der Waals surface area contributed by atoms with Gasteiger partial charge in [0.05, 0.1) is 0 Å². The van der Waals surface area contributed by atoms with Gasteiger partial charge >= 0.3 is 6.03 Å². The molecule has 8 heteroatoms. The maximum Gasteiger partial charge on any atom is 0.322 e. The molecular weight excluding hydrogens is 398 g/mol. The second kappa shape index (κ2) is 9.04. The number of rotatable bonds is 5. The van der Waals surface area contributed by atoms with Crippen LogP contribution in [0.2, 0.25) is 0 Å². The number of carbonyl (C=O) groups is 2. The lowest BCUT2D eigenvalue weighted by atomic mass is 10.1. The first-order chi connectivity index (χ1) is 14.7. The Morgan fingerprint density at radius 1 is 1.07 bits per heavy atom. The Morgan fingerprint density at radius 2 is 1.83 bits per heavy atom. The van der Waals surface area contributed by atoms with Gasteiger partial charge in [0.25, 0.3) is 0 Å². The van der Waals surface area contributed by atoms with Crippen molar-refractivity contribution in [3.05, 3.63) is 60.2 Å². The first-order valence-electron chi connectivity index (χ1n) is 10.0. The van der Waals surface area contributed by atoms with Crippen molar-refractivity contribution >= 4 is 34.1 Å². The molecule has 3 amide bonds. The number of urea groups is 1. The Labute approximate surface area is 179 Å². The Hall–Kier alpha value is -3.26. The van der Waals surface area contributed by atoms with Crippen molar-refractivity contribution in [1.29, 1.82) is 0 Å². The van der Waals surface area contributed by atoms with E-state index in [1.807, 2.05) is 61.5 Å². The molecule has 0 aliphatic carbocycles. The smallest absolute Gasteiger partial charge is 0.312 e. The summed E-state index contributed by atoms with van der Waals surface area (Å²) in [5, 5.41) is 15.2. The van der Waals surface area contributed by atoms with Gasteiger partial charge in [-0.05, 0) is 30.9 Å². The second-order valence-electron chi connectivity index (χ2n) is 7.06. The highest BCUT2D eigenvalue weighted by atomic mass is 32.1. The van der Waals surface area contributed by atoms with Gasteiger partial charge in [0.15, 0.2) is 0 Å². The van der Waals surface area contributed by atoms with Crippen molar-refractivity contribution < 1.29 is 9.59 Å². The van der Waals surface area contributed by atoms with Crippen molar-refractivity contribution in [1.82, 2.24) is 15.1 Å². The minimum atomic E-state index is -0.525. The number of para-hydroxylation sites is 1. The first kappa shape index (κ1) is 20.0. The van der Waals surface area contributed by atoms with Crippen LogP contribution in [0.4, 0.5) is 15.6 Å². The quantitative estimate of drug-likeness (QED) is 0.639. The number of nitrogens with zero attached hydrogens (tertiary/aromatic N) is 3. The summed E-state index contributed by atoms with van der Waals surface area (Å²) in [5.74, 6) is -0.234. The minimum absolute atomic E-state index is 0.234. The third-order valence-electron chi connectivity index (χ3n) is 5.13. The Bertz CT molecular complexity index is 1040. The molecule has 1 aromatic heterocycles. The van der Waals surface area contributed by atoms with Crippen LogP contribution in [-0.4, -0.2) is 39.6 Å². The van der Waals surface area contributed by atoms with Crippen LogP contribution < -0.4 is 10.6 Å². The van der Waals surface area contributed by atoms with Gasteiger partial charge < -0.3 is 10.2 Å². The van der Waals surface area contributed by atoms with E-state index in [9.17, 15) is 9.59 Å². The maximum atomic E-state index is 12.9. The molecule has 1 atom stereocenters. The van der Waals surface area contributed by atoms with E-state index >= 15 is 0 Å². The van der Waals surface area contributed by atoms with Gasteiger partial charge in [-0.25, -0.2) is 4.79 Å². The molecule has 1 fully saturated rings. The molecule has 2 N–H and O–H groups in total. The van der Waals surface area contributed by atoms with Crippen LogP contribution in [0.25, 0.3) is 10.6 Å². The fraction of sp³-hybridized carbons (Fsp3) is 0.273. The number of benzene rings is 2. The number of hydrogen-bond acceptors (Lipinski definition) is 5. The SMILES string of the molecule is CCc1ccccc1NC(=O)N1CCCC1C(=O)Nc1nnc(-c2ccccc2)s1. The number of hydrogen-bond donors (Lipinski definition) is 2. The fourth-order valence-corrected chi connectivity index (χ4v) is 4.33. The van der Waals surface area contributed by atoms with Gasteiger partial charge in [-0.15, -0.1) is 10.2 Å². The van der Waals surface area contributed by atoms with Crippen molar-refractivity contribution in [2.45, 2.75) is 32.2 Å². The molecule has 0 spiro atoms. The Kier molecular flexibility index (Phi) is 6.04. The molecule has 0 saturated carbocycles. The zero-order valence-corrected chi connectivity index (χ0v) is 17.5. The molecule has 3 aromatic rings. The summed E-state index contributed by atoms with van der Waals surface area (Å²) in [6.07, 6.45) is 2.23. The predicted octanol–water partition coefficient (Wildman–Crippen LogP) is 4.40. The van der Waals surface area contributed by atoms with Crippen LogP contribution in [0.5, 0.6) is 0 Å². The van der Waals surface area contributed by atoms with Crippen LogP contribution in [0.15, 0.2) is 54.6 Å². The van der Waals surface area contributed by atoms with Crippen LogP contribution >= 0.6 is 11.3 Å². The van der Waals surface area contributed by atoms with Crippen LogP contribution in [0.3, 0.4) is 0 Å². The molecule has 0 radical (unpaired) electrons. The number of carbonyl (C=O) groups excluding carboxylic acids is 2. The summed E-state index contributed by atoms with van der Waals surface area (Å²) < 4.78 is 0. The summed E-state index contributed by atoms with van der Waals surface area (Å²) >= 11 is 1.32. The molecular formula is C22H23N5O2S. The van der Waals surface area contributed by atoms with Crippen molar-refractivity contribution in [2.75, 3.05) is 17.2 Å². The van der Waals surface area contributed by atoms with Crippen molar-refractivity contribution in [3.8, 4) is 10.6 Å². The zero-order chi connectivity index (χ0) is 20.9. The van der Waals surface area contributed by atoms with Gasteiger partial charge in [-0.3, -0.25) is 10.1 Å². The van der Waals surface area contributed by atoms with Crippen LogP contribution in [-0.2, 0) is 11.2 Å². The fourth-order valence-electron chi connectivity index (χ4n) is 3.58. The highest BCUT2D eigenvalue weighted by Gasteiger charge is 2.34. The lowest BCUT2D eigenvalue weighted by molar-refractivity contribution is -0.119. The van der Waals surface area contributed by atoms with Crippen molar-refractivity contribution in [3.63, 3.8) is 0 Å². The summed E-state index contributed by atoms with van der Waals surface area (Å²) in [6, 6.07) is 16.6. The van der Waals surface area contributed by atoms with Crippen LogP contribution in [0.1, 0.15) is 25.3 Å². The van der Waals surface area contributed by atoms with E-state index in [0.29, 0.717) is 18.1 Å². The number of anilines is 2. The standard InChI is InChI=1S/C22H23N5O2S/c1-2-15-9-6-7-12-17(15)23-22(29)27-14-8-13-18(27)19(28)24-21-26-25-20(30-21)16-10-4-3-5-11-16/h3-7,9-12,18H,2,8,13-14H2,1H3,(H,23,29)(H,24,26,28). The first-order valence-corrected chi connectivity index (χ1v) is 10.8. The van der Waals surface area contributed by atoms with Crippen LogP contribution in [0, 0.1) is 0 Å². The minimum Gasteiger partial charge on any atom is -0.312 e. The van der Waals surface area contributed by atoms with Gasteiger partial charge in [-0.2, -0.15) is 0 Å². The Balaban J connectivity index is 1.42. The van der Waals surface area contributed by atoms with Gasteiger partial charge in [0.2, 0.25) is 11.0 Å². The number of amides is 3. The molecule has 1 saturated heterocycles. The molecule has 1 aliphatic heterocycles. The molecule has 154 valence electrons. The van der Waals surface area contributed by atoms with E-state index in [-0.39, 0.29) is 11.9 Å². The van der Waals surface area contributed by atoms with Crippen molar-refractivity contribution in [2.24, 2.45) is 0 Å². The maximum absolute atomic E-state index is 12.9. The monoisotopic (exact) mass is 421 g/mol. The molecule has 0 bridgehead atoms. The highest BCUT2D eigenvalue weighted by Crippen LogP contribution is 2.27. The normalized spacial score (nSPS) is 15.8. The van der Waals surface area contributed by atoms with E-state index < -0.39 is 6.04 Å². The average Bonchev–Trinajstić information content (AvgIpc) is 3.45.